The number of hydrogen-bond acceptors (Lipinski definition) is 3. The molecule has 0 radical (unpaired) electrons. The Balaban J connectivity index is 1.54. The van der Waals surface area contributed by atoms with Gasteiger partial charge in [-0.15, -0.1) is 0 Å². The Hall–Kier alpha value is -2.02. The molecule has 0 spiro atoms. The summed E-state index contributed by atoms with van der Waals surface area (Å²) >= 11 is 13.7. The highest BCUT2D eigenvalue weighted by atomic mass is 79.9. The van der Waals surface area contributed by atoms with Crippen molar-refractivity contribution in [2.24, 2.45) is 0 Å². The van der Waals surface area contributed by atoms with E-state index >= 15 is 0 Å². The lowest BCUT2D eigenvalue weighted by atomic mass is 10.1. The molecule has 1 aromatic heterocycles. The van der Waals surface area contributed by atoms with Crippen LogP contribution in [0.4, 0.5) is 0 Å². The lowest BCUT2D eigenvalue weighted by molar-refractivity contribution is 0.259. The van der Waals surface area contributed by atoms with Crippen LogP contribution in [0.3, 0.4) is 0 Å². The second-order valence-electron chi connectivity index (χ2n) is 6.58. The third-order valence-electron chi connectivity index (χ3n) is 4.62. The Morgan fingerprint density at radius 1 is 1.00 bits per heavy atom. The first-order valence-corrected chi connectivity index (χ1v) is 11.5. The molecule has 30 heavy (non-hydrogen) atoms. The zero-order chi connectivity index (χ0) is 21.1. The summed E-state index contributed by atoms with van der Waals surface area (Å²) in [5, 5.41) is 7.36. The van der Waals surface area contributed by atoms with Crippen LogP contribution in [0.15, 0.2) is 69.6 Å². The fourth-order valence-electron chi connectivity index (χ4n) is 3.23. The molecule has 4 aromatic rings. The minimum atomic E-state index is 0.407. The van der Waals surface area contributed by atoms with Crippen molar-refractivity contribution < 1.29 is 9.47 Å². The van der Waals surface area contributed by atoms with E-state index < -0.39 is 0 Å². The maximum atomic E-state index is 6.57. The summed E-state index contributed by atoms with van der Waals surface area (Å²) in [5.74, 6) is 1.34. The van der Waals surface area contributed by atoms with Crippen molar-refractivity contribution in [1.82, 2.24) is 9.78 Å². The Kier molecular flexibility index (Phi) is 6.66. The smallest absolute Gasteiger partial charge is 0.227 e. The van der Waals surface area contributed by atoms with Crippen molar-refractivity contribution in [2.45, 2.75) is 13.5 Å². The van der Waals surface area contributed by atoms with Gasteiger partial charge in [0.1, 0.15) is 22.5 Å². The zero-order valence-corrected chi connectivity index (χ0v) is 20.2. The molecule has 0 saturated heterocycles. The number of rotatable bonds is 7. The van der Waals surface area contributed by atoms with E-state index in [1.165, 1.54) is 0 Å². The first-order chi connectivity index (χ1) is 14.6. The topological polar surface area (TPSA) is 36.3 Å². The highest BCUT2D eigenvalue weighted by molar-refractivity contribution is 9.11. The van der Waals surface area contributed by atoms with E-state index in [1.807, 2.05) is 72.3 Å². The lowest BCUT2D eigenvalue weighted by Gasteiger charge is -2.12. The second-order valence-corrected chi connectivity index (χ2v) is 8.67. The largest absolute Gasteiger partial charge is 0.490 e. The molecule has 1 heterocycles. The maximum absolute atomic E-state index is 6.57. The molecule has 0 aliphatic rings. The molecule has 0 aliphatic carbocycles. The normalized spacial score (nSPS) is 11.1. The minimum absolute atomic E-state index is 0.407. The predicted octanol–water partition coefficient (Wildman–Crippen LogP) is 7.36. The highest BCUT2D eigenvalue weighted by Crippen LogP contribution is 2.36. The van der Waals surface area contributed by atoms with Gasteiger partial charge < -0.3 is 9.47 Å². The maximum Gasteiger partial charge on any atom is 0.227 e. The van der Waals surface area contributed by atoms with Crippen LogP contribution < -0.4 is 9.47 Å². The van der Waals surface area contributed by atoms with Gasteiger partial charge >= 0.3 is 0 Å². The number of nitrogens with zero attached hydrogens (tertiary/aromatic N) is 2. The molecule has 0 atom stereocenters. The molecule has 0 N–H and O–H groups in total. The van der Waals surface area contributed by atoms with Crippen molar-refractivity contribution >= 4 is 54.2 Å². The van der Waals surface area contributed by atoms with Gasteiger partial charge in [0.05, 0.1) is 18.2 Å². The summed E-state index contributed by atoms with van der Waals surface area (Å²) in [6.45, 7) is 3.43. The first kappa shape index (κ1) is 21.2. The molecular weight excluding hydrogens is 532 g/mol. The Morgan fingerprint density at radius 2 is 1.80 bits per heavy atom. The van der Waals surface area contributed by atoms with Crippen LogP contribution in [0.25, 0.3) is 22.0 Å². The highest BCUT2D eigenvalue weighted by Gasteiger charge is 2.18. The third-order valence-corrected chi connectivity index (χ3v) is 6.22. The van der Waals surface area contributed by atoms with Crippen LogP contribution in [0, 0.1) is 0 Å². The SMILES string of the molecule is CCOc1c(Br)c(-c2ccccc2)nn1CCOc1ccc2cc(Br)ccc2c1Cl. The first-order valence-electron chi connectivity index (χ1n) is 9.53. The Morgan fingerprint density at radius 3 is 2.57 bits per heavy atom. The van der Waals surface area contributed by atoms with Gasteiger partial charge in [-0.05, 0) is 46.4 Å². The lowest BCUT2D eigenvalue weighted by Crippen LogP contribution is -2.12. The summed E-state index contributed by atoms with van der Waals surface area (Å²) in [6, 6.07) is 19.9. The Labute approximate surface area is 197 Å². The fraction of sp³-hybridized carbons (Fsp3) is 0.174. The zero-order valence-electron chi connectivity index (χ0n) is 16.2. The van der Waals surface area contributed by atoms with Gasteiger partial charge in [-0.3, -0.25) is 0 Å². The summed E-state index contributed by atoms with van der Waals surface area (Å²) < 4.78 is 15.5. The summed E-state index contributed by atoms with van der Waals surface area (Å²) in [7, 11) is 0. The number of ether oxygens (including phenoxy) is 2. The van der Waals surface area contributed by atoms with Crippen LogP contribution >= 0.6 is 43.5 Å². The van der Waals surface area contributed by atoms with Gasteiger partial charge in [-0.1, -0.05) is 70.0 Å². The summed E-state index contributed by atoms with van der Waals surface area (Å²) in [4.78, 5) is 0. The van der Waals surface area contributed by atoms with Gasteiger partial charge in [0.15, 0.2) is 0 Å². The molecule has 4 nitrogen and oxygen atoms in total. The average molecular weight is 551 g/mol. The van der Waals surface area contributed by atoms with E-state index in [0.29, 0.717) is 36.4 Å². The van der Waals surface area contributed by atoms with Crippen LogP contribution in [0.2, 0.25) is 5.02 Å². The van der Waals surface area contributed by atoms with Gasteiger partial charge in [-0.2, -0.15) is 5.10 Å². The van der Waals surface area contributed by atoms with Crippen LogP contribution in [0.5, 0.6) is 11.6 Å². The van der Waals surface area contributed by atoms with E-state index in [4.69, 9.17) is 26.2 Å². The van der Waals surface area contributed by atoms with Crippen LogP contribution in [-0.2, 0) is 6.54 Å². The summed E-state index contributed by atoms with van der Waals surface area (Å²) in [6.07, 6.45) is 0. The molecular formula is C23H19Br2ClN2O2. The van der Waals surface area contributed by atoms with E-state index in [1.54, 1.807) is 0 Å². The van der Waals surface area contributed by atoms with Crippen molar-refractivity contribution in [3.05, 3.63) is 74.6 Å². The number of aromatic nitrogens is 2. The molecule has 0 unspecified atom stereocenters. The molecule has 4 rings (SSSR count). The molecule has 0 saturated carbocycles. The monoisotopic (exact) mass is 548 g/mol. The number of fused-ring (bicyclic) bond motifs is 1. The van der Waals surface area contributed by atoms with Gasteiger partial charge in [0, 0.05) is 15.4 Å². The second kappa shape index (κ2) is 9.41. The van der Waals surface area contributed by atoms with E-state index in [0.717, 1.165) is 31.0 Å². The fourth-order valence-corrected chi connectivity index (χ4v) is 4.52. The minimum Gasteiger partial charge on any atom is -0.490 e. The summed E-state index contributed by atoms with van der Waals surface area (Å²) in [5.41, 5.74) is 1.86. The van der Waals surface area contributed by atoms with E-state index in [9.17, 15) is 0 Å². The van der Waals surface area contributed by atoms with Crippen molar-refractivity contribution in [3.8, 4) is 22.9 Å². The molecule has 7 heteroatoms. The van der Waals surface area contributed by atoms with Crippen molar-refractivity contribution in [3.63, 3.8) is 0 Å². The van der Waals surface area contributed by atoms with Crippen LogP contribution in [-0.4, -0.2) is 23.0 Å². The number of benzene rings is 3. The van der Waals surface area contributed by atoms with Gasteiger partial charge in [0.25, 0.3) is 0 Å². The average Bonchev–Trinajstić information content (AvgIpc) is 3.06. The standard InChI is InChI=1S/C23H19Br2ClN2O2/c1-2-29-23-20(25)22(15-6-4-3-5-7-15)27-28(23)12-13-30-19-11-8-16-14-17(24)9-10-18(16)21(19)26/h3-11,14H,2,12-13H2,1H3. The van der Waals surface area contributed by atoms with E-state index in [-0.39, 0.29) is 0 Å². The molecule has 0 aliphatic heterocycles. The van der Waals surface area contributed by atoms with Crippen LogP contribution in [0.1, 0.15) is 6.92 Å². The van der Waals surface area contributed by atoms with Crippen molar-refractivity contribution in [2.75, 3.05) is 13.2 Å². The third kappa shape index (κ3) is 4.36. The van der Waals surface area contributed by atoms with E-state index in [2.05, 4.69) is 31.9 Å². The predicted molar refractivity (Wildman–Crippen MR) is 129 cm³/mol. The quantitative estimate of drug-likeness (QED) is 0.241. The molecule has 0 amide bonds. The molecule has 3 aromatic carbocycles. The number of halogens is 3. The molecule has 0 bridgehead atoms. The molecule has 154 valence electrons. The van der Waals surface area contributed by atoms with Gasteiger partial charge in [-0.25, -0.2) is 4.68 Å². The van der Waals surface area contributed by atoms with Crippen molar-refractivity contribution in [1.29, 1.82) is 0 Å². The van der Waals surface area contributed by atoms with Gasteiger partial charge in [0.2, 0.25) is 5.88 Å². The Bertz CT molecular complexity index is 1180. The number of hydrogen-bond donors (Lipinski definition) is 0. The molecule has 0 fully saturated rings.